The van der Waals surface area contributed by atoms with Gasteiger partial charge in [-0.05, 0) is 44.2 Å². The number of carbonyl (C=O) groups excluding carboxylic acids is 2. The zero-order valence-electron chi connectivity index (χ0n) is 32.7. The number of benzene rings is 1. The molecule has 1 aromatic rings. The van der Waals surface area contributed by atoms with Gasteiger partial charge in [-0.15, -0.1) is 0 Å². The van der Waals surface area contributed by atoms with Crippen LogP contribution in [0.15, 0.2) is 24.3 Å². The fourth-order valence-electron chi connectivity index (χ4n) is 5.84. The van der Waals surface area contributed by atoms with E-state index in [4.69, 9.17) is 5.11 Å². The largest absolute Gasteiger partial charge is 2.00 e. The molecule has 0 aromatic heterocycles. The molecule has 49 heavy (non-hydrogen) atoms. The molecule has 0 fully saturated rings. The molecular formula is C43H78O5Zn. The summed E-state index contributed by atoms with van der Waals surface area (Å²) in [5.74, 6) is -1.44. The average Bonchev–Trinajstić information content (AvgIpc) is 3.06. The number of carbonyl (C=O) groups is 2. The number of phenolic OH excluding ortho intramolecular Hbond substituents is 1. The van der Waals surface area contributed by atoms with Crippen molar-refractivity contribution in [3.05, 3.63) is 29.8 Å². The maximum Gasteiger partial charge on any atom is 2.00 e. The van der Waals surface area contributed by atoms with E-state index in [0.29, 0.717) is 5.75 Å². The van der Waals surface area contributed by atoms with Gasteiger partial charge in [-0.2, -0.15) is 0 Å². The van der Waals surface area contributed by atoms with Gasteiger partial charge in [0.05, 0.1) is 0 Å². The van der Waals surface area contributed by atoms with E-state index in [2.05, 4.69) is 13.8 Å². The summed E-state index contributed by atoms with van der Waals surface area (Å²) in [6.07, 6.45) is 39.7. The molecule has 0 atom stereocenters. The number of para-hydroxylation sites is 1. The molecule has 0 bridgehead atoms. The van der Waals surface area contributed by atoms with E-state index in [-0.39, 0.29) is 32.3 Å². The van der Waals surface area contributed by atoms with Crippen LogP contribution >= 0.6 is 0 Å². The van der Waals surface area contributed by atoms with Gasteiger partial charge in [-0.3, -0.25) is 0 Å². The maximum atomic E-state index is 10.2. The molecule has 0 radical (unpaired) electrons. The summed E-state index contributed by atoms with van der Waals surface area (Å²) in [7, 11) is 0. The molecule has 1 N–H and O–H groups in total. The first-order valence-electron chi connectivity index (χ1n) is 20.5. The minimum Gasteiger partial charge on any atom is -0.550 e. The van der Waals surface area contributed by atoms with Crippen molar-refractivity contribution in [3.8, 4) is 5.75 Å². The number of aliphatic carboxylic acids is 2. The summed E-state index contributed by atoms with van der Waals surface area (Å²) in [6, 6.07) is 7.25. The summed E-state index contributed by atoms with van der Waals surface area (Å²) in [5.41, 5.74) is 0.924. The summed E-state index contributed by atoms with van der Waals surface area (Å²) in [5, 5.41) is 29.4. The Morgan fingerprint density at radius 2 is 0.673 bits per heavy atom. The number of carboxylic acid groups (broad SMARTS) is 2. The van der Waals surface area contributed by atoms with Crippen molar-refractivity contribution in [2.24, 2.45) is 0 Å². The molecular weight excluding hydrogens is 662 g/mol. The van der Waals surface area contributed by atoms with Crippen LogP contribution in [0.4, 0.5) is 0 Å². The van der Waals surface area contributed by atoms with Crippen molar-refractivity contribution in [2.45, 2.75) is 226 Å². The monoisotopic (exact) mass is 739 g/mol. The van der Waals surface area contributed by atoms with Crippen molar-refractivity contribution >= 4 is 11.9 Å². The van der Waals surface area contributed by atoms with Crippen LogP contribution < -0.4 is 10.2 Å². The quantitative estimate of drug-likeness (QED) is 0.0585. The number of phenols is 1. The van der Waals surface area contributed by atoms with Crippen LogP contribution in [-0.2, 0) is 29.1 Å². The van der Waals surface area contributed by atoms with Crippen LogP contribution in [0.5, 0.6) is 5.75 Å². The molecule has 6 heteroatoms. The number of hydrogen-bond donors (Lipinski definition) is 1. The van der Waals surface area contributed by atoms with E-state index in [1.54, 1.807) is 6.07 Å². The normalized spacial score (nSPS) is 10.3. The Kier molecular flexibility index (Phi) is 47.3. The van der Waals surface area contributed by atoms with Crippen molar-refractivity contribution in [1.29, 1.82) is 0 Å². The molecule has 0 aliphatic carbocycles. The molecule has 0 spiro atoms. The van der Waals surface area contributed by atoms with Gasteiger partial charge in [-0.25, -0.2) is 0 Å². The first-order chi connectivity index (χ1) is 23.3. The van der Waals surface area contributed by atoms with Gasteiger partial charge in [0.15, 0.2) is 0 Å². The molecule has 0 amide bonds. The number of carboxylic acids is 2. The number of unbranched alkanes of at least 4 members (excludes halogenated alkanes) is 28. The van der Waals surface area contributed by atoms with Gasteiger partial charge in [0.25, 0.3) is 0 Å². The van der Waals surface area contributed by atoms with E-state index < -0.39 is 11.9 Å². The minimum absolute atomic E-state index is 0. The molecule has 0 saturated carbocycles. The van der Waals surface area contributed by atoms with Gasteiger partial charge in [0.1, 0.15) is 5.75 Å². The summed E-state index contributed by atoms with van der Waals surface area (Å²) in [6.45, 7) is 6.40. The summed E-state index contributed by atoms with van der Waals surface area (Å²) in [4.78, 5) is 20.4. The van der Waals surface area contributed by atoms with Crippen molar-refractivity contribution in [3.63, 3.8) is 0 Å². The summed E-state index contributed by atoms with van der Waals surface area (Å²) >= 11 is 0. The smallest absolute Gasteiger partial charge is 0.550 e. The third-order valence-corrected chi connectivity index (χ3v) is 9.08. The predicted molar refractivity (Wildman–Crippen MR) is 202 cm³/mol. The van der Waals surface area contributed by atoms with Crippen LogP contribution in [0.3, 0.4) is 0 Å². The van der Waals surface area contributed by atoms with Crippen molar-refractivity contribution in [2.75, 3.05) is 0 Å². The number of hydrogen-bond acceptors (Lipinski definition) is 5. The topological polar surface area (TPSA) is 100 Å². The summed E-state index contributed by atoms with van der Waals surface area (Å²) < 4.78 is 0. The van der Waals surface area contributed by atoms with Crippen LogP contribution in [-0.4, -0.2) is 17.0 Å². The first kappa shape index (κ1) is 51.9. The first-order valence-corrected chi connectivity index (χ1v) is 20.5. The van der Waals surface area contributed by atoms with Gasteiger partial charge < -0.3 is 24.9 Å². The fraction of sp³-hybridized carbons (Fsp3) is 0.814. The number of rotatable bonds is 32. The van der Waals surface area contributed by atoms with E-state index in [1.165, 1.54) is 167 Å². The Labute approximate surface area is 317 Å². The van der Waals surface area contributed by atoms with E-state index in [0.717, 1.165) is 31.2 Å². The molecule has 1 aromatic carbocycles. The Bertz CT molecular complexity index is 735. The second-order valence-corrected chi connectivity index (χ2v) is 13.9. The Morgan fingerprint density at radius 3 is 0.857 bits per heavy atom. The predicted octanol–water partition coefficient (Wildman–Crippen LogP) is 11.7. The molecule has 0 aliphatic heterocycles. The van der Waals surface area contributed by atoms with E-state index in [1.807, 2.05) is 25.1 Å². The van der Waals surface area contributed by atoms with Crippen LogP contribution in [0.2, 0.25) is 0 Å². The molecule has 0 aliphatic rings. The van der Waals surface area contributed by atoms with E-state index in [9.17, 15) is 19.8 Å². The molecule has 0 unspecified atom stereocenters. The number of aromatic hydroxyl groups is 1. The second kappa shape index (κ2) is 44.6. The van der Waals surface area contributed by atoms with Gasteiger partial charge in [0.2, 0.25) is 0 Å². The van der Waals surface area contributed by atoms with E-state index >= 15 is 0 Å². The molecule has 0 heterocycles. The molecule has 282 valence electrons. The Balaban J connectivity index is -0.000000693. The Hall–Kier alpha value is -1.42. The average molecular weight is 740 g/mol. The zero-order valence-corrected chi connectivity index (χ0v) is 35.7. The zero-order chi connectivity index (χ0) is 35.8. The maximum absolute atomic E-state index is 10.2. The SMILES string of the molecule is CCCCCCCCCCCCCCCCCC(=O)[O-].CCCCCCCCCCCCCCCCCC(=O)[O-].Cc1ccccc1O.[Zn+2]. The van der Waals surface area contributed by atoms with Crippen LogP contribution in [0, 0.1) is 6.92 Å². The van der Waals surface area contributed by atoms with Crippen LogP contribution in [0.1, 0.15) is 225 Å². The molecule has 0 saturated heterocycles. The Morgan fingerprint density at radius 1 is 0.449 bits per heavy atom. The third-order valence-electron chi connectivity index (χ3n) is 9.08. The van der Waals surface area contributed by atoms with Crippen molar-refractivity contribution < 1.29 is 44.4 Å². The van der Waals surface area contributed by atoms with Gasteiger partial charge in [-0.1, -0.05) is 212 Å². The van der Waals surface area contributed by atoms with Gasteiger partial charge >= 0.3 is 19.5 Å². The third kappa shape index (κ3) is 48.7. The fourth-order valence-corrected chi connectivity index (χ4v) is 5.84. The van der Waals surface area contributed by atoms with Gasteiger partial charge in [0, 0.05) is 11.9 Å². The molecule has 5 nitrogen and oxygen atoms in total. The standard InChI is InChI=1S/2C18H36O2.C7H8O.Zn/c2*1-2-3-4-5-6-7-8-9-10-11-12-13-14-15-16-17-18(19)20;1-6-4-2-3-5-7(6)8;/h2*2-17H2,1H3,(H,19,20);2-5,8H,1H3;/q;;;+2/p-2. The second-order valence-electron chi connectivity index (χ2n) is 13.9. The minimum atomic E-state index is -0.903. The number of aryl methyl sites for hydroxylation is 1. The molecule has 1 rings (SSSR count). The van der Waals surface area contributed by atoms with Crippen LogP contribution in [0.25, 0.3) is 0 Å². The van der Waals surface area contributed by atoms with Crippen molar-refractivity contribution in [1.82, 2.24) is 0 Å².